The molecule has 0 bridgehead atoms. The van der Waals surface area contributed by atoms with Gasteiger partial charge < -0.3 is 24.8 Å². The van der Waals surface area contributed by atoms with Gasteiger partial charge >= 0.3 is 12.2 Å². The molecule has 4 aromatic rings. The lowest BCUT2D eigenvalue weighted by molar-refractivity contribution is -0.136. The third kappa shape index (κ3) is 6.62. The van der Waals surface area contributed by atoms with Crippen LogP contribution >= 0.6 is 0 Å². The molecule has 0 fully saturated rings. The summed E-state index contributed by atoms with van der Waals surface area (Å²) in [5, 5.41) is 12.5. The molecule has 13 heteroatoms. The predicted octanol–water partition coefficient (Wildman–Crippen LogP) is 5.50. The molecule has 0 aliphatic carbocycles. The number of carbonyl (C=O) groups is 1. The lowest BCUT2D eigenvalue weighted by Gasteiger charge is -2.14. The molecular formula is C25H23F4N7O2. The molecule has 38 heavy (non-hydrogen) atoms. The molecular weight excluding hydrogens is 506 g/mol. The Balaban J connectivity index is 1.44. The summed E-state index contributed by atoms with van der Waals surface area (Å²) in [6, 6.07) is 10.3. The van der Waals surface area contributed by atoms with Crippen molar-refractivity contribution in [1.29, 1.82) is 0 Å². The molecule has 2 N–H and O–H groups in total. The molecule has 4 rings (SSSR count). The summed E-state index contributed by atoms with van der Waals surface area (Å²) in [4.78, 5) is 18.6. The second-order valence-electron chi connectivity index (χ2n) is 8.40. The van der Waals surface area contributed by atoms with Crippen molar-refractivity contribution >= 4 is 17.4 Å². The van der Waals surface area contributed by atoms with Crippen molar-refractivity contribution in [2.24, 2.45) is 0 Å². The van der Waals surface area contributed by atoms with E-state index in [-0.39, 0.29) is 11.4 Å². The monoisotopic (exact) mass is 529 g/mol. The number of halogens is 4. The molecule has 0 atom stereocenters. The van der Waals surface area contributed by atoms with Gasteiger partial charge in [-0.25, -0.2) is 9.18 Å². The lowest BCUT2D eigenvalue weighted by atomic mass is 10.1. The number of anilines is 2. The van der Waals surface area contributed by atoms with Crippen LogP contribution in [0.4, 0.5) is 33.7 Å². The SMILES string of the molecule is CN(C)CCn1cnnc1-c1cc(Oc2ccc(NC(=O)Nc3ccccc3C(F)(F)F)cc2F)ccn1. The maximum absolute atomic E-state index is 14.8. The van der Waals surface area contributed by atoms with E-state index in [1.54, 1.807) is 18.5 Å². The molecule has 0 spiro atoms. The number of ether oxygens (including phenoxy) is 1. The van der Waals surface area contributed by atoms with Crippen LogP contribution < -0.4 is 15.4 Å². The Kier molecular flexibility index (Phi) is 7.86. The number of alkyl halides is 3. The number of amides is 2. The van der Waals surface area contributed by atoms with Crippen LogP contribution in [-0.2, 0) is 12.7 Å². The number of benzene rings is 2. The maximum Gasteiger partial charge on any atom is 0.418 e. The van der Waals surface area contributed by atoms with Crippen molar-refractivity contribution in [1.82, 2.24) is 24.6 Å². The number of hydrogen-bond acceptors (Lipinski definition) is 6. The van der Waals surface area contributed by atoms with Crippen molar-refractivity contribution in [3.8, 4) is 23.0 Å². The first kappa shape index (κ1) is 26.5. The summed E-state index contributed by atoms with van der Waals surface area (Å²) in [5.74, 6) is -0.121. The number of carbonyl (C=O) groups excluding carboxylic acids is 1. The summed E-state index contributed by atoms with van der Waals surface area (Å²) in [6.45, 7) is 1.40. The highest BCUT2D eigenvalue weighted by molar-refractivity contribution is 6.00. The maximum atomic E-state index is 14.8. The van der Waals surface area contributed by atoms with Gasteiger partial charge in [0.05, 0.1) is 11.3 Å². The van der Waals surface area contributed by atoms with Gasteiger partial charge in [-0.2, -0.15) is 13.2 Å². The Hall–Kier alpha value is -4.52. The highest BCUT2D eigenvalue weighted by atomic mass is 19.4. The standard InChI is InChI=1S/C25H23F4N7O2/c1-35(2)11-12-36-15-31-34-23(36)21-14-17(9-10-30-21)38-22-8-7-16(13-19(22)26)32-24(37)33-20-6-4-3-5-18(20)25(27,28)29/h3-10,13-15H,11-12H2,1-2H3,(H2,32,33,37). The van der Waals surface area contributed by atoms with Gasteiger partial charge in [-0.3, -0.25) is 4.98 Å². The second kappa shape index (κ2) is 11.3. The molecule has 2 amide bonds. The van der Waals surface area contributed by atoms with Gasteiger partial charge in [0.25, 0.3) is 0 Å². The number of urea groups is 1. The topological polar surface area (TPSA) is 97.2 Å². The van der Waals surface area contributed by atoms with Gasteiger partial charge in [0, 0.05) is 37.1 Å². The Bertz CT molecular complexity index is 1420. The molecule has 2 aromatic carbocycles. The van der Waals surface area contributed by atoms with Crippen LogP contribution in [0.1, 0.15) is 5.56 Å². The van der Waals surface area contributed by atoms with E-state index in [4.69, 9.17) is 4.74 Å². The highest BCUT2D eigenvalue weighted by Crippen LogP contribution is 2.35. The zero-order chi connectivity index (χ0) is 27.3. The van der Waals surface area contributed by atoms with Crippen LogP contribution in [0.2, 0.25) is 0 Å². The summed E-state index contributed by atoms with van der Waals surface area (Å²) < 4.78 is 61.7. The number of rotatable bonds is 8. The fraction of sp³-hybridized carbons (Fsp3) is 0.200. The van der Waals surface area contributed by atoms with Crippen LogP contribution in [0.15, 0.2) is 67.1 Å². The average molecular weight is 529 g/mol. The summed E-state index contributed by atoms with van der Waals surface area (Å²) in [5.41, 5.74) is -0.934. The third-order valence-electron chi connectivity index (χ3n) is 5.26. The van der Waals surface area contributed by atoms with Crippen LogP contribution in [0, 0.1) is 5.82 Å². The molecule has 0 aliphatic heterocycles. The van der Waals surface area contributed by atoms with E-state index in [2.05, 4.69) is 25.8 Å². The van der Waals surface area contributed by atoms with Crippen LogP contribution in [0.5, 0.6) is 11.5 Å². The van der Waals surface area contributed by atoms with Gasteiger partial charge in [-0.1, -0.05) is 12.1 Å². The van der Waals surface area contributed by atoms with E-state index in [1.165, 1.54) is 30.5 Å². The third-order valence-corrected chi connectivity index (χ3v) is 5.26. The van der Waals surface area contributed by atoms with Crippen molar-refractivity contribution in [3.05, 3.63) is 78.5 Å². The minimum atomic E-state index is -4.65. The first-order valence-electron chi connectivity index (χ1n) is 11.3. The van der Waals surface area contributed by atoms with Crippen molar-refractivity contribution in [3.63, 3.8) is 0 Å². The summed E-state index contributed by atoms with van der Waals surface area (Å²) >= 11 is 0. The predicted molar refractivity (Wildman–Crippen MR) is 132 cm³/mol. The number of nitrogens with zero attached hydrogens (tertiary/aromatic N) is 5. The molecule has 2 heterocycles. The fourth-order valence-corrected chi connectivity index (χ4v) is 3.43. The molecule has 0 aliphatic rings. The van der Waals surface area contributed by atoms with E-state index >= 15 is 0 Å². The second-order valence-corrected chi connectivity index (χ2v) is 8.40. The molecule has 2 aromatic heterocycles. The first-order chi connectivity index (χ1) is 18.1. The lowest BCUT2D eigenvalue weighted by Crippen LogP contribution is -2.21. The van der Waals surface area contributed by atoms with Gasteiger partial charge in [0.15, 0.2) is 17.4 Å². The number of aromatic nitrogens is 4. The smallest absolute Gasteiger partial charge is 0.418 e. The molecule has 198 valence electrons. The van der Waals surface area contributed by atoms with Crippen LogP contribution in [-0.4, -0.2) is 51.3 Å². The number of likely N-dealkylation sites (N-methyl/N-ethyl adjacent to an activating group) is 1. The van der Waals surface area contributed by atoms with E-state index in [0.29, 0.717) is 23.8 Å². The van der Waals surface area contributed by atoms with Crippen molar-refractivity contribution < 1.29 is 27.1 Å². The highest BCUT2D eigenvalue weighted by Gasteiger charge is 2.33. The molecule has 0 radical (unpaired) electrons. The van der Waals surface area contributed by atoms with Gasteiger partial charge in [0.1, 0.15) is 17.8 Å². The number of pyridine rings is 1. The Labute approximate surface area is 215 Å². The zero-order valence-electron chi connectivity index (χ0n) is 20.3. The van der Waals surface area contributed by atoms with Gasteiger partial charge in [-0.05, 0) is 44.4 Å². The summed E-state index contributed by atoms with van der Waals surface area (Å²) in [6.07, 6.45) is -1.56. The fourth-order valence-electron chi connectivity index (χ4n) is 3.43. The Morgan fingerprint density at radius 2 is 1.87 bits per heavy atom. The minimum Gasteiger partial charge on any atom is -0.454 e. The number of para-hydroxylation sites is 1. The van der Waals surface area contributed by atoms with Gasteiger partial charge in [-0.15, -0.1) is 10.2 Å². The Morgan fingerprint density at radius 1 is 1.08 bits per heavy atom. The van der Waals surface area contributed by atoms with Crippen LogP contribution in [0.25, 0.3) is 11.5 Å². The number of hydrogen-bond donors (Lipinski definition) is 2. The summed E-state index contributed by atoms with van der Waals surface area (Å²) in [7, 11) is 3.90. The van der Waals surface area contributed by atoms with Crippen LogP contribution in [0.3, 0.4) is 0 Å². The molecule has 0 saturated carbocycles. The van der Waals surface area contributed by atoms with Crippen molar-refractivity contribution in [2.75, 3.05) is 31.3 Å². The first-order valence-corrected chi connectivity index (χ1v) is 11.3. The van der Waals surface area contributed by atoms with E-state index in [9.17, 15) is 22.4 Å². The van der Waals surface area contributed by atoms with Crippen molar-refractivity contribution in [2.45, 2.75) is 12.7 Å². The van der Waals surface area contributed by atoms with E-state index < -0.39 is 29.3 Å². The molecule has 0 saturated heterocycles. The average Bonchev–Trinajstić information content (AvgIpc) is 3.33. The van der Waals surface area contributed by atoms with E-state index in [1.807, 2.05) is 23.6 Å². The zero-order valence-corrected chi connectivity index (χ0v) is 20.3. The van der Waals surface area contributed by atoms with E-state index in [0.717, 1.165) is 24.7 Å². The molecule has 0 unspecified atom stereocenters. The molecule has 9 nitrogen and oxygen atoms in total. The van der Waals surface area contributed by atoms with Gasteiger partial charge in [0.2, 0.25) is 0 Å². The number of nitrogens with one attached hydrogen (secondary N) is 2. The normalized spacial score (nSPS) is 11.4. The quantitative estimate of drug-likeness (QED) is 0.293. The minimum absolute atomic E-state index is 0.0150. The Morgan fingerprint density at radius 3 is 2.61 bits per heavy atom. The largest absolute Gasteiger partial charge is 0.454 e.